The molecule has 1 aliphatic heterocycles. The maximum Gasteiger partial charge on any atom is 0.251 e. The van der Waals surface area contributed by atoms with Crippen molar-refractivity contribution in [2.45, 2.75) is 39.0 Å². The quantitative estimate of drug-likeness (QED) is 0.441. The molecule has 2 aromatic carbocycles. The first-order valence-electron chi connectivity index (χ1n) is 11.1. The molecule has 2 heterocycles. The van der Waals surface area contributed by atoms with Crippen LogP contribution in [0, 0.1) is 17.1 Å². The SMILES string of the molecule is CC(C)Oc1nc2ccc(C(=O)NCCCC3NC=CN3)cc2nc1-c1cc(C#N)ccc1F. The summed E-state index contributed by atoms with van der Waals surface area (Å²) >= 11 is 0. The normalized spacial score (nSPS) is 12.9. The zero-order valence-corrected chi connectivity index (χ0v) is 18.9. The number of hydrogen-bond acceptors (Lipinski definition) is 7. The zero-order chi connectivity index (χ0) is 24.1. The maximum absolute atomic E-state index is 14.7. The molecule has 0 saturated heterocycles. The van der Waals surface area contributed by atoms with Crippen LogP contribution in [0.15, 0.2) is 48.8 Å². The van der Waals surface area contributed by atoms with E-state index in [-0.39, 0.29) is 35.3 Å². The summed E-state index contributed by atoms with van der Waals surface area (Å²) in [7, 11) is 0. The van der Waals surface area contributed by atoms with Crippen LogP contribution in [0.3, 0.4) is 0 Å². The predicted molar refractivity (Wildman–Crippen MR) is 126 cm³/mol. The lowest BCUT2D eigenvalue weighted by Gasteiger charge is -2.15. The summed E-state index contributed by atoms with van der Waals surface area (Å²) in [6.45, 7) is 4.20. The van der Waals surface area contributed by atoms with E-state index in [0.29, 0.717) is 28.7 Å². The van der Waals surface area contributed by atoms with Crippen LogP contribution in [-0.4, -0.2) is 34.7 Å². The Morgan fingerprint density at radius 1 is 1.18 bits per heavy atom. The number of hydrogen-bond donors (Lipinski definition) is 3. The molecule has 3 aromatic rings. The third-order valence-electron chi connectivity index (χ3n) is 5.23. The van der Waals surface area contributed by atoms with Crippen molar-refractivity contribution < 1.29 is 13.9 Å². The molecule has 1 amide bonds. The minimum atomic E-state index is -0.545. The van der Waals surface area contributed by atoms with Gasteiger partial charge < -0.3 is 20.7 Å². The second-order valence-electron chi connectivity index (χ2n) is 8.17. The Morgan fingerprint density at radius 3 is 2.71 bits per heavy atom. The summed E-state index contributed by atoms with van der Waals surface area (Å²) in [5.74, 6) is -0.607. The van der Waals surface area contributed by atoms with Crippen LogP contribution in [0.4, 0.5) is 4.39 Å². The van der Waals surface area contributed by atoms with Gasteiger partial charge in [-0.2, -0.15) is 5.26 Å². The second kappa shape index (κ2) is 10.2. The van der Waals surface area contributed by atoms with Crippen LogP contribution in [-0.2, 0) is 0 Å². The van der Waals surface area contributed by atoms with Gasteiger partial charge in [-0.1, -0.05) is 0 Å². The van der Waals surface area contributed by atoms with E-state index >= 15 is 0 Å². The number of ether oxygens (including phenoxy) is 1. The van der Waals surface area contributed by atoms with Gasteiger partial charge in [0.15, 0.2) is 0 Å². The molecule has 9 heteroatoms. The first-order valence-corrected chi connectivity index (χ1v) is 11.1. The van der Waals surface area contributed by atoms with Crippen LogP contribution in [0.25, 0.3) is 22.3 Å². The third-order valence-corrected chi connectivity index (χ3v) is 5.23. The molecule has 174 valence electrons. The average Bonchev–Trinajstić information content (AvgIpc) is 3.35. The molecule has 0 bridgehead atoms. The number of fused-ring (bicyclic) bond motifs is 1. The minimum absolute atomic E-state index is 0.113. The van der Waals surface area contributed by atoms with Gasteiger partial charge in [-0.25, -0.2) is 14.4 Å². The van der Waals surface area contributed by atoms with Gasteiger partial charge in [0.1, 0.15) is 11.5 Å². The number of amides is 1. The summed E-state index contributed by atoms with van der Waals surface area (Å²) in [6.07, 6.45) is 5.35. The number of carbonyl (C=O) groups excluding carboxylic acids is 1. The molecule has 0 aliphatic carbocycles. The Balaban J connectivity index is 1.60. The van der Waals surface area contributed by atoms with Crippen molar-refractivity contribution in [1.29, 1.82) is 5.26 Å². The van der Waals surface area contributed by atoms with Gasteiger partial charge in [0.25, 0.3) is 5.91 Å². The van der Waals surface area contributed by atoms with E-state index in [1.165, 1.54) is 18.2 Å². The molecule has 0 saturated carbocycles. The van der Waals surface area contributed by atoms with Crippen molar-refractivity contribution in [2.75, 3.05) is 6.54 Å². The molecule has 0 unspecified atom stereocenters. The summed E-state index contributed by atoms with van der Waals surface area (Å²) in [5.41, 5.74) is 1.95. The fourth-order valence-electron chi connectivity index (χ4n) is 3.59. The predicted octanol–water partition coefficient (Wildman–Crippen LogP) is 3.59. The topological polar surface area (TPSA) is 112 Å². The highest BCUT2D eigenvalue weighted by Crippen LogP contribution is 2.32. The Labute approximate surface area is 196 Å². The van der Waals surface area contributed by atoms with Gasteiger partial charge in [0, 0.05) is 30.1 Å². The van der Waals surface area contributed by atoms with Crippen molar-refractivity contribution in [1.82, 2.24) is 25.9 Å². The monoisotopic (exact) mass is 460 g/mol. The van der Waals surface area contributed by atoms with Crippen molar-refractivity contribution in [3.05, 3.63) is 65.7 Å². The fourth-order valence-corrected chi connectivity index (χ4v) is 3.59. The molecule has 34 heavy (non-hydrogen) atoms. The molecule has 0 fully saturated rings. The number of nitriles is 1. The van der Waals surface area contributed by atoms with Crippen LogP contribution in [0.5, 0.6) is 5.88 Å². The van der Waals surface area contributed by atoms with Crippen molar-refractivity contribution in [3.8, 4) is 23.2 Å². The molecule has 1 aliphatic rings. The average molecular weight is 461 g/mol. The molecule has 4 rings (SSSR count). The number of rotatable bonds is 8. The van der Waals surface area contributed by atoms with E-state index in [2.05, 4.69) is 25.9 Å². The summed E-state index contributed by atoms with van der Waals surface area (Å²) in [5, 5.41) is 18.5. The Morgan fingerprint density at radius 2 is 1.97 bits per heavy atom. The van der Waals surface area contributed by atoms with Gasteiger partial charge >= 0.3 is 0 Å². The van der Waals surface area contributed by atoms with Crippen LogP contribution in [0.2, 0.25) is 0 Å². The number of halogens is 1. The van der Waals surface area contributed by atoms with Gasteiger partial charge in [-0.05, 0) is 63.1 Å². The lowest BCUT2D eigenvalue weighted by atomic mass is 10.1. The Bertz CT molecular complexity index is 1280. The minimum Gasteiger partial charge on any atom is -0.473 e. The molecule has 0 radical (unpaired) electrons. The molecule has 1 aromatic heterocycles. The molecule has 3 N–H and O–H groups in total. The van der Waals surface area contributed by atoms with E-state index in [1.54, 1.807) is 18.2 Å². The molecular formula is C25H25FN6O2. The second-order valence-corrected chi connectivity index (χ2v) is 8.17. The van der Waals surface area contributed by atoms with E-state index in [9.17, 15) is 14.4 Å². The highest BCUT2D eigenvalue weighted by Gasteiger charge is 2.19. The molecular weight excluding hydrogens is 435 g/mol. The van der Waals surface area contributed by atoms with Gasteiger partial charge in [0.2, 0.25) is 5.88 Å². The van der Waals surface area contributed by atoms with Crippen molar-refractivity contribution in [2.24, 2.45) is 0 Å². The van der Waals surface area contributed by atoms with Crippen LogP contribution >= 0.6 is 0 Å². The fraction of sp³-hybridized carbons (Fsp3) is 0.280. The smallest absolute Gasteiger partial charge is 0.251 e. The molecule has 0 spiro atoms. The summed E-state index contributed by atoms with van der Waals surface area (Å²) < 4.78 is 20.5. The number of nitrogens with zero attached hydrogens (tertiary/aromatic N) is 3. The number of carbonyl (C=O) groups is 1. The number of aromatic nitrogens is 2. The van der Waals surface area contributed by atoms with E-state index in [1.807, 2.05) is 32.3 Å². The van der Waals surface area contributed by atoms with Gasteiger partial charge in [-0.15, -0.1) is 0 Å². The first kappa shape index (κ1) is 23.0. The van der Waals surface area contributed by atoms with E-state index in [4.69, 9.17) is 4.74 Å². The number of benzene rings is 2. The van der Waals surface area contributed by atoms with Crippen LogP contribution < -0.4 is 20.7 Å². The van der Waals surface area contributed by atoms with Crippen LogP contribution in [0.1, 0.15) is 42.6 Å². The van der Waals surface area contributed by atoms with E-state index < -0.39 is 5.82 Å². The van der Waals surface area contributed by atoms with E-state index in [0.717, 1.165) is 12.8 Å². The highest BCUT2D eigenvalue weighted by molar-refractivity contribution is 5.97. The first-order chi connectivity index (χ1) is 16.4. The maximum atomic E-state index is 14.7. The lowest BCUT2D eigenvalue weighted by molar-refractivity contribution is 0.0952. The molecule has 8 nitrogen and oxygen atoms in total. The Kier molecular flexibility index (Phi) is 6.87. The largest absolute Gasteiger partial charge is 0.473 e. The Hall–Kier alpha value is -4.19. The van der Waals surface area contributed by atoms with Crippen molar-refractivity contribution >= 4 is 16.9 Å². The zero-order valence-electron chi connectivity index (χ0n) is 18.9. The van der Waals surface area contributed by atoms with Gasteiger partial charge in [-0.3, -0.25) is 4.79 Å². The summed E-state index contributed by atoms with van der Waals surface area (Å²) in [4.78, 5) is 21.8. The highest BCUT2D eigenvalue weighted by atomic mass is 19.1. The summed E-state index contributed by atoms with van der Waals surface area (Å²) in [6, 6.07) is 11.0. The van der Waals surface area contributed by atoms with Gasteiger partial charge in [0.05, 0.1) is 34.9 Å². The van der Waals surface area contributed by atoms with Crippen molar-refractivity contribution in [3.63, 3.8) is 0 Å². The lowest BCUT2D eigenvalue weighted by Crippen LogP contribution is -2.32. The standard InChI is InChI=1S/C25H25FN6O2/c1-15(2)34-25-23(18-12-16(14-27)5-7-19(18)26)31-21-13-17(6-8-20(21)32-25)24(33)30-9-3-4-22-28-10-11-29-22/h5-8,10-13,15,22,28-29H,3-4,9H2,1-2H3,(H,30,33). The third kappa shape index (κ3) is 5.23. The molecule has 0 atom stereocenters. The number of nitrogens with one attached hydrogen (secondary N) is 3.